The van der Waals surface area contributed by atoms with Crippen LogP contribution in [0.3, 0.4) is 0 Å². The van der Waals surface area contributed by atoms with Gasteiger partial charge < -0.3 is 15.0 Å². The van der Waals surface area contributed by atoms with Gasteiger partial charge in [-0.05, 0) is 44.0 Å². The molecule has 0 radical (unpaired) electrons. The lowest BCUT2D eigenvalue weighted by Gasteiger charge is -2.14. The molecule has 0 unspecified atom stereocenters. The summed E-state index contributed by atoms with van der Waals surface area (Å²) in [6.45, 7) is 2.28. The normalized spacial score (nSPS) is 13.4. The summed E-state index contributed by atoms with van der Waals surface area (Å²) >= 11 is 0. The van der Waals surface area contributed by atoms with E-state index in [4.69, 9.17) is 4.74 Å². The maximum absolute atomic E-state index is 12.4. The predicted octanol–water partition coefficient (Wildman–Crippen LogP) is 2.64. The van der Waals surface area contributed by atoms with Gasteiger partial charge in [-0.1, -0.05) is 0 Å². The molecule has 2 amide bonds. The van der Waals surface area contributed by atoms with Crippen molar-refractivity contribution in [2.45, 2.75) is 25.7 Å². The highest BCUT2D eigenvalue weighted by atomic mass is 16.5. The van der Waals surface area contributed by atoms with Crippen LogP contribution in [0.15, 0.2) is 24.3 Å². The standard InChI is InChI=1S/C18H22N4O3/c1-4-25-16-9-12(18(24)22(2)3)7-8-13(16)19-17(23)15-10-14(20-21-15)11-5-6-11/h7-11H,4-6H2,1-3H3,(H,19,23)(H,20,21). The molecule has 7 heteroatoms. The number of amides is 2. The monoisotopic (exact) mass is 342 g/mol. The van der Waals surface area contributed by atoms with Crippen LogP contribution in [0.4, 0.5) is 5.69 Å². The minimum absolute atomic E-state index is 0.125. The quantitative estimate of drug-likeness (QED) is 0.845. The molecule has 3 rings (SSSR count). The molecule has 132 valence electrons. The molecule has 7 nitrogen and oxygen atoms in total. The van der Waals surface area contributed by atoms with Crippen LogP contribution >= 0.6 is 0 Å². The average molecular weight is 342 g/mol. The third kappa shape index (κ3) is 3.81. The van der Waals surface area contributed by atoms with Gasteiger partial charge in [-0.3, -0.25) is 14.7 Å². The number of H-pyrrole nitrogens is 1. The minimum atomic E-state index is -0.309. The van der Waals surface area contributed by atoms with Crippen molar-refractivity contribution < 1.29 is 14.3 Å². The van der Waals surface area contributed by atoms with E-state index in [1.165, 1.54) is 4.90 Å². The number of carbonyl (C=O) groups is 2. The molecule has 2 N–H and O–H groups in total. The van der Waals surface area contributed by atoms with Crippen LogP contribution in [0.5, 0.6) is 5.75 Å². The third-order valence-corrected chi connectivity index (χ3v) is 4.03. The number of carbonyl (C=O) groups excluding carboxylic acids is 2. The highest BCUT2D eigenvalue weighted by Crippen LogP contribution is 2.39. The first kappa shape index (κ1) is 17.0. The van der Waals surface area contributed by atoms with E-state index in [1.807, 2.05) is 6.92 Å². The van der Waals surface area contributed by atoms with Gasteiger partial charge >= 0.3 is 0 Å². The minimum Gasteiger partial charge on any atom is -0.492 e. The van der Waals surface area contributed by atoms with Crippen LogP contribution in [0.2, 0.25) is 0 Å². The fraction of sp³-hybridized carbons (Fsp3) is 0.389. The van der Waals surface area contributed by atoms with E-state index in [2.05, 4.69) is 15.5 Å². The number of ether oxygens (including phenoxy) is 1. The summed E-state index contributed by atoms with van der Waals surface area (Å²) in [6.07, 6.45) is 2.28. The van der Waals surface area contributed by atoms with Gasteiger partial charge in [-0.15, -0.1) is 0 Å². The van der Waals surface area contributed by atoms with Gasteiger partial charge in [-0.25, -0.2) is 0 Å². The number of anilines is 1. The number of hydrogen-bond donors (Lipinski definition) is 2. The first-order valence-electron chi connectivity index (χ1n) is 8.34. The van der Waals surface area contributed by atoms with Crippen LogP contribution in [-0.2, 0) is 0 Å². The molecule has 0 atom stereocenters. The van der Waals surface area contributed by atoms with Crippen molar-refractivity contribution in [3.8, 4) is 5.75 Å². The number of aromatic nitrogens is 2. The third-order valence-electron chi connectivity index (χ3n) is 4.03. The van der Waals surface area contributed by atoms with Crippen LogP contribution in [0, 0.1) is 0 Å². The first-order valence-corrected chi connectivity index (χ1v) is 8.34. The molecule has 1 aliphatic carbocycles. The van der Waals surface area contributed by atoms with Crippen LogP contribution in [0.25, 0.3) is 0 Å². The largest absolute Gasteiger partial charge is 0.492 e. The molecule has 1 saturated carbocycles. The second kappa shape index (κ2) is 6.96. The Hall–Kier alpha value is -2.83. The molecule has 0 saturated heterocycles. The van der Waals surface area contributed by atoms with E-state index in [-0.39, 0.29) is 11.8 Å². The van der Waals surface area contributed by atoms with E-state index < -0.39 is 0 Å². The summed E-state index contributed by atoms with van der Waals surface area (Å²) in [4.78, 5) is 26.0. The number of benzene rings is 1. The van der Waals surface area contributed by atoms with Gasteiger partial charge in [0.05, 0.1) is 12.3 Å². The Balaban J connectivity index is 1.79. The average Bonchev–Trinajstić information content (AvgIpc) is 3.32. The zero-order valence-corrected chi connectivity index (χ0v) is 14.6. The van der Waals surface area contributed by atoms with Crippen molar-refractivity contribution in [3.05, 3.63) is 41.2 Å². The first-order chi connectivity index (χ1) is 12.0. The number of hydrogen-bond acceptors (Lipinski definition) is 4. The Morgan fingerprint density at radius 2 is 2.08 bits per heavy atom. The van der Waals surface area contributed by atoms with Gasteiger partial charge in [0.1, 0.15) is 5.75 Å². The molecule has 0 spiro atoms. The molecule has 1 aromatic carbocycles. The number of aromatic amines is 1. The Kier molecular flexibility index (Phi) is 4.74. The molecule has 1 fully saturated rings. The number of nitrogens with one attached hydrogen (secondary N) is 2. The van der Waals surface area contributed by atoms with Crippen molar-refractivity contribution in [3.63, 3.8) is 0 Å². The Morgan fingerprint density at radius 3 is 2.72 bits per heavy atom. The molecule has 1 heterocycles. The van der Waals surface area contributed by atoms with Crippen molar-refractivity contribution in [1.29, 1.82) is 0 Å². The van der Waals surface area contributed by atoms with Crippen LogP contribution < -0.4 is 10.1 Å². The van der Waals surface area contributed by atoms with Crippen LogP contribution in [0.1, 0.15) is 52.2 Å². The molecule has 1 aliphatic rings. The second-order valence-corrected chi connectivity index (χ2v) is 6.28. The summed E-state index contributed by atoms with van der Waals surface area (Å²) in [5.74, 6) is 0.530. The van der Waals surface area contributed by atoms with Gasteiger partial charge in [0.15, 0.2) is 5.69 Å². The Morgan fingerprint density at radius 1 is 1.32 bits per heavy atom. The highest BCUT2D eigenvalue weighted by Gasteiger charge is 2.26. The highest BCUT2D eigenvalue weighted by molar-refractivity contribution is 6.04. The van der Waals surface area contributed by atoms with Crippen molar-refractivity contribution in [2.24, 2.45) is 0 Å². The van der Waals surface area contributed by atoms with Crippen molar-refractivity contribution >= 4 is 17.5 Å². The lowest BCUT2D eigenvalue weighted by molar-refractivity contribution is 0.0827. The van der Waals surface area contributed by atoms with Crippen LogP contribution in [-0.4, -0.2) is 47.6 Å². The summed E-state index contributed by atoms with van der Waals surface area (Å²) in [6, 6.07) is 6.77. The van der Waals surface area contributed by atoms with E-state index in [0.717, 1.165) is 18.5 Å². The van der Waals surface area contributed by atoms with Gasteiger partial charge in [0.2, 0.25) is 0 Å². The molecular formula is C18H22N4O3. The number of nitrogens with zero attached hydrogens (tertiary/aromatic N) is 2. The van der Waals surface area contributed by atoms with Crippen molar-refractivity contribution in [1.82, 2.24) is 15.1 Å². The fourth-order valence-electron chi connectivity index (χ4n) is 2.53. The summed E-state index contributed by atoms with van der Waals surface area (Å²) in [7, 11) is 3.38. The molecule has 0 bridgehead atoms. The molecule has 1 aromatic heterocycles. The predicted molar refractivity (Wildman–Crippen MR) is 94.1 cm³/mol. The van der Waals surface area contributed by atoms with Gasteiger partial charge in [0, 0.05) is 31.3 Å². The molecule has 0 aliphatic heterocycles. The smallest absolute Gasteiger partial charge is 0.276 e. The molecule has 2 aromatic rings. The molecular weight excluding hydrogens is 320 g/mol. The number of rotatable bonds is 6. The van der Waals surface area contributed by atoms with E-state index >= 15 is 0 Å². The van der Waals surface area contributed by atoms with Gasteiger partial charge in [-0.2, -0.15) is 5.10 Å². The van der Waals surface area contributed by atoms with Crippen molar-refractivity contribution in [2.75, 3.05) is 26.0 Å². The summed E-state index contributed by atoms with van der Waals surface area (Å²) in [5, 5.41) is 9.81. The van der Waals surface area contributed by atoms with E-state index in [9.17, 15) is 9.59 Å². The maximum atomic E-state index is 12.4. The SMILES string of the molecule is CCOc1cc(C(=O)N(C)C)ccc1NC(=O)c1cc(C2CC2)[nH]n1. The zero-order chi connectivity index (χ0) is 18.0. The Bertz CT molecular complexity index is 793. The summed E-state index contributed by atoms with van der Waals surface area (Å²) in [5.41, 5.74) is 2.36. The lowest BCUT2D eigenvalue weighted by Crippen LogP contribution is -2.22. The van der Waals surface area contributed by atoms with Gasteiger partial charge in [0.25, 0.3) is 11.8 Å². The Labute approximate surface area is 146 Å². The lowest BCUT2D eigenvalue weighted by atomic mass is 10.1. The maximum Gasteiger partial charge on any atom is 0.276 e. The molecule has 25 heavy (non-hydrogen) atoms. The zero-order valence-electron chi connectivity index (χ0n) is 14.6. The van der Waals surface area contributed by atoms with E-state index in [1.54, 1.807) is 38.4 Å². The summed E-state index contributed by atoms with van der Waals surface area (Å²) < 4.78 is 5.58. The van der Waals surface area contributed by atoms with E-state index in [0.29, 0.717) is 35.2 Å². The topological polar surface area (TPSA) is 87.3 Å². The fourth-order valence-corrected chi connectivity index (χ4v) is 2.53. The second-order valence-electron chi connectivity index (χ2n) is 6.28.